The number of nitrogens with one attached hydrogen (secondary N) is 1. The number of aromatic nitrogens is 2. The third kappa shape index (κ3) is 2.34. The molecule has 0 unspecified atom stereocenters. The molecule has 0 saturated carbocycles. The minimum absolute atomic E-state index is 0.160. The van der Waals surface area contributed by atoms with E-state index in [0.717, 1.165) is 13.1 Å². The molecule has 15 heavy (non-hydrogen) atoms. The van der Waals surface area contributed by atoms with E-state index in [4.69, 9.17) is 10.5 Å². The van der Waals surface area contributed by atoms with E-state index in [2.05, 4.69) is 9.97 Å². The van der Waals surface area contributed by atoms with Crippen molar-refractivity contribution in [2.45, 2.75) is 6.54 Å². The summed E-state index contributed by atoms with van der Waals surface area (Å²) in [5, 5.41) is 0. The molecule has 2 heterocycles. The van der Waals surface area contributed by atoms with Crippen LogP contribution in [0.15, 0.2) is 10.9 Å². The van der Waals surface area contributed by atoms with Crippen molar-refractivity contribution in [1.82, 2.24) is 9.97 Å². The normalized spacial score (nSPS) is 16.7. The molecular formula is C9H14N4O2. The second kappa shape index (κ2) is 4.41. The van der Waals surface area contributed by atoms with Gasteiger partial charge in [-0.05, 0) is 0 Å². The van der Waals surface area contributed by atoms with Crippen LogP contribution in [0.4, 0.5) is 5.82 Å². The van der Waals surface area contributed by atoms with Crippen LogP contribution in [-0.2, 0) is 11.3 Å². The van der Waals surface area contributed by atoms with Crippen LogP contribution in [0.25, 0.3) is 0 Å². The van der Waals surface area contributed by atoms with Gasteiger partial charge in [0.15, 0.2) is 0 Å². The minimum atomic E-state index is -0.160. The number of ether oxygens (including phenoxy) is 1. The van der Waals surface area contributed by atoms with E-state index < -0.39 is 0 Å². The Balaban J connectivity index is 2.26. The van der Waals surface area contributed by atoms with Crippen molar-refractivity contribution in [1.29, 1.82) is 0 Å². The van der Waals surface area contributed by atoms with Crippen LogP contribution in [0.3, 0.4) is 0 Å². The van der Waals surface area contributed by atoms with Gasteiger partial charge in [-0.15, -0.1) is 0 Å². The number of H-pyrrole nitrogens is 1. The molecule has 1 aromatic heterocycles. The molecule has 0 amide bonds. The highest BCUT2D eigenvalue weighted by atomic mass is 16.5. The van der Waals surface area contributed by atoms with E-state index >= 15 is 0 Å². The van der Waals surface area contributed by atoms with E-state index in [1.807, 2.05) is 4.90 Å². The fourth-order valence-electron chi connectivity index (χ4n) is 1.55. The van der Waals surface area contributed by atoms with E-state index in [1.54, 1.807) is 0 Å². The molecule has 0 radical (unpaired) electrons. The van der Waals surface area contributed by atoms with Gasteiger partial charge in [-0.25, -0.2) is 4.98 Å². The standard InChI is InChI=1S/C9H14N4O2/c10-6-7-11-8(5-9(14)12-7)13-1-3-15-4-2-13/h5H,1-4,6,10H2,(H,11,12,14). The van der Waals surface area contributed by atoms with Gasteiger partial charge in [-0.3, -0.25) is 4.79 Å². The zero-order valence-corrected chi connectivity index (χ0v) is 8.40. The minimum Gasteiger partial charge on any atom is -0.378 e. The molecule has 82 valence electrons. The maximum absolute atomic E-state index is 11.3. The number of anilines is 1. The summed E-state index contributed by atoms with van der Waals surface area (Å²) < 4.78 is 5.23. The molecule has 1 aromatic rings. The number of hydrogen-bond donors (Lipinski definition) is 2. The quantitative estimate of drug-likeness (QED) is 0.658. The van der Waals surface area contributed by atoms with Gasteiger partial charge in [0.05, 0.1) is 19.8 Å². The number of rotatable bonds is 2. The number of hydrogen-bond acceptors (Lipinski definition) is 5. The highest BCUT2D eigenvalue weighted by Crippen LogP contribution is 2.09. The second-order valence-corrected chi connectivity index (χ2v) is 3.35. The van der Waals surface area contributed by atoms with Crippen LogP contribution in [0.1, 0.15) is 5.82 Å². The molecule has 1 saturated heterocycles. The molecule has 1 fully saturated rings. The number of morpholine rings is 1. The molecule has 2 rings (SSSR count). The van der Waals surface area contributed by atoms with E-state index in [9.17, 15) is 4.79 Å². The van der Waals surface area contributed by atoms with Crippen LogP contribution in [0.5, 0.6) is 0 Å². The van der Waals surface area contributed by atoms with Gasteiger partial charge in [-0.1, -0.05) is 0 Å². The SMILES string of the molecule is NCc1nc(N2CCOCC2)cc(=O)[nH]1. The Labute approximate surface area is 87.1 Å². The summed E-state index contributed by atoms with van der Waals surface area (Å²) in [6.45, 7) is 3.12. The van der Waals surface area contributed by atoms with Crippen molar-refractivity contribution >= 4 is 5.82 Å². The van der Waals surface area contributed by atoms with Gasteiger partial charge >= 0.3 is 0 Å². The lowest BCUT2D eigenvalue weighted by Crippen LogP contribution is -2.37. The van der Waals surface area contributed by atoms with Crippen molar-refractivity contribution in [2.75, 3.05) is 31.2 Å². The van der Waals surface area contributed by atoms with Crippen LogP contribution in [0, 0.1) is 0 Å². The Kier molecular flexibility index (Phi) is 2.98. The summed E-state index contributed by atoms with van der Waals surface area (Å²) >= 11 is 0. The fourth-order valence-corrected chi connectivity index (χ4v) is 1.55. The van der Waals surface area contributed by atoms with Gasteiger partial charge in [0.1, 0.15) is 11.6 Å². The average molecular weight is 210 g/mol. The molecule has 0 bridgehead atoms. The molecule has 0 aliphatic carbocycles. The first-order chi connectivity index (χ1) is 7.29. The maximum Gasteiger partial charge on any atom is 0.253 e. The van der Waals surface area contributed by atoms with Crippen LogP contribution in [-0.4, -0.2) is 36.3 Å². The molecule has 3 N–H and O–H groups in total. The van der Waals surface area contributed by atoms with Gasteiger partial charge in [0.2, 0.25) is 0 Å². The smallest absolute Gasteiger partial charge is 0.253 e. The zero-order valence-electron chi connectivity index (χ0n) is 8.40. The summed E-state index contributed by atoms with van der Waals surface area (Å²) in [6, 6.07) is 1.49. The molecule has 6 nitrogen and oxygen atoms in total. The molecule has 1 aliphatic rings. The third-order valence-corrected chi connectivity index (χ3v) is 2.31. The van der Waals surface area contributed by atoms with E-state index in [-0.39, 0.29) is 12.1 Å². The van der Waals surface area contributed by atoms with Gasteiger partial charge in [0.25, 0.3) is 5.56 Å². The Morgan fingerprint density at radius 3 is 2.93 bits per heavy atom. The number of nitrogens with zero attached hydrogens (tertiary/aromatic N) is 2. The molecule has 0 atom stereocenters. The summed E-state index contributed by atoms with van der Waals surface area (Å²) in [6.07, 6.45) is 0. The first-order valence-corrected chi connectivity index (χ1v) is 4.92. The highest BCUT2D eigenvalue weighted by molar-refractivity contribution is 5.37. The lowest BCUT2D eigenvalue weighted by molar-refractivity contribution is 0.122. The van der Waals surface area contributed by atoms with Gasteiger partial charge < -0.3 is 20.4 Å². The zero-order chi connectivity index (χ0) is 10.7. The van der Waals surface area contributed by atoms with E-state index in [0.29, 0.717) is 24.9 Å². The van der Waals surface area contributed by atoms with Gasteiger partial charge in [-0.2, -0.15) is 0 Å². The molecule has 1 aliphatic heterocycles. The van der Waals surface area contributed by atoms with Crippen molar-refractivity contribution in [3.8, 4) is 0 Å². The Morgan fingerprint density at radius 1 is 1.53 bits per heavy atom. The predicted octanol–water partition coefficient (Wildman–Crippen LogP) is -0.935. The third-order valence-electron chi connectivity index (χ3n) is 2.31. The molecule has 0 aromatic carbocycles. The topological polar surface area (TPSA) is 84.2 Å². The van der Waals surface area contributed by atoms with Crippen molar-refractivity contribution < 1.29 is 4.74 Å². The predicted molar refractivity (Wildman–Crippen MR) is 55.8 cm³/mol. The van der Waals surface area contributed by atoms with Crippen LogP contribution >= 0.6 is 0 Å². The van der Waals surface area contributed by atoms with Gasteiger partial charge in [0, 0.05) is 19.2 Å². The fraction of sp³-hybridized carbons (Fsp3) is 0.556. The monoisotopic (exact) mass is 210 g/mol. The summed E-state index contributed by atoms with van der Waals surface area (Å²) in [4.78, 5) is 20.2. The Hall–Kier alpha value is -1.40. The first kappa shape index (κ1) is 10.1. The lowest BCUT2D eigenvalue weighted by Gasteiger charge is -2.27. The van der Waals surface area contributed by atoms with Crippen molar-refractivity contribution in [3.05, 3.63) is 22.2 Å². The number of aromatic amines is 1. The largest absolute Gasteiger partial charge is 0.378 e. The second-order valence-electron chi connectivity index (χ2n) is 3.35. The van der Waals surface area contributed by atoms with Crippen LogP contribution in [0.2, 0.25) is 0 Å². The summed E-state index contributed by atoms with van der Waals surface area (Å²) in [5.74, 6) is 1.20. The first-order valence-electron chi connectivity index (χ1n) is 4.92. The molecular weight excluding hydrogens is 196 g/mol. The van der Waals surface area contributed by atoms with Crippen molar-refractivity contribution in [3.63, 3.8) is 0 Å². The summed E-state index contributed by atoms with van der Waals surface area (Å²) in [7, 11) is 0. The maximum atomic E-state index is 11.3. The van der Waals surface area contributed by atoms with E-state index in [1.165, 1.54) is 6.07 Å². The van der Waals surface area contributed by atoms with Crippen LogP contribution < -0.4 is 16.2 Å². The number of nitrogens with two attached hydrogens (primary N) is 1. The molecule has 0 spiro atoms. The highest BCUT2D eigenvalue weighted by Gasteiger charge is 2.13. The Morgan fingerprint density at radius 2 is 2.27 bits per heavy atom. The molecule has 6 heteroatoms. The summed E-state index contributed by atoms with van der Waals surface area (Å²) in [5.41, 5.74) is 5.28. The Bertz CT molecular complexity index is 384. The lowest BCUT2D eigenvalue weighted by atomic mass is 10.4. The average Bonchev–Trinajstić information content (AvgIpc) is 2.29. The van der Waals surface area contributed by atoms with Crippen molar-refractivity contribution in [2.24, 2.45) is 5.73 Å².